The zero-order chi connectivity index (χ0) is 25.4. The first-order chi connectivity index (χ1) is 16.5. The van der Waals surface area contributed by atoms with Gasteiger partial charge in [-0.25, -0.2) is 4.79 Å². The summed E-state index contributed by atoms with van der Waals surface area (Å²) in [6.07, 6.45) is -6.00. The van der Waals surface area contributed by atoms with E-state index in [1.54, 1.807) is 5.32 Å². The van der Waals surface area contributed by atoms with Gasteiger partial charge in [-0.3, -0.25) is 14.9 Å². The number of fused-ring (bicyclic) bond motifs is 3. The number of hydrogen-bond donors (Lipinski definition) is 2. The molecular weight excluding hydrogens is 465 g/mol. The van der Waals surface area contributed by atoms with E-state index >= 15 is 0 Å². The molecule has 0 radical (unpaired) electrons. The molecule has 0 aromatic heterocycles. The van der Waals surface area contributed by atoms with Crippen LogP contribution in [0.2, 0.25) is 0 Å². The number of nitrogens with one attached hydrogen (secondary N) is 1. The second-order valence-corrected chi connectivity index (χ2v) is 9.00. The summed E-state index contributed by atoms with van der Waals surface area (Å²) in [6.45, 7) is -0.0270. The number of carboxylic acid groups (broad SMARTS) is 1. The minimum atomic E-state index is -5.13. The van der Waals surface area contributed by atoms with E-state index in [9.17, 15) is 32.7 Å². The van der Waals surface area contributed by atoms with Crippen molar-refractivity contribution in [3.05, 3.63) is 59.7 Å². The maximum absolute atomic E-state index is 14.0. The lowest BCUT2D eigenvalue weighted by Crippen LogP contribution is -2.66. The molecule has 4 rings (SSSR count). The number of nitrogens with zero attached hydrogens (tertiary/aromatic N) is 1. The zero-order valence-electron chi connectivity index (χ0n) is 19.0. The Bertz CT molecular complexity index is 1110. The van der Waals surface area contributed by atoms with Crippen molar-refractivity contribution in [3.63, 3.8) is 0 Å². The summed E-state index contributed by atoms with van der Waals surface area (Å²) in [5, 5.41) is 10.9. The number of carbonyl (C=O) groups is 3. The van der Waals surface area contributed by atoms with Crippen LogP contribution in [0, 0.1) is 5.92 Å². The number of rotatable bonds is 5. The smallest absolute Gasteiger partial charge is 0.420 e. The fourth-order valence-electron chi connectivity index (χ4n) is 4.76. The lowest BCUT2D eigenvalue weighted by molar-refractivity contribution is -0.201. The highest BCUT2D eigenvalue weighted by molar-refractivity contribution is 5.91. The zero-order valence-corrected chi connectivity index (χ0v) is 19.0. The Labute approximate surface area is 199 Å². The largest absolute Gasteiger partial charge is 0.481 e. The van der Waals surface area contributed by atoms with Crippen molar-refractivity contribution in [2.45, 2.75) is 37.4 Å². The quantitative estimate of drug-likeness (QED) is 0.656. The van der Waals surface area contributed by atoms with Crippen molar-refractivity contribution in [1.82, 2.24) is 10.2 Å². The summed E-state index contributed by atoms with van der Waals surface area (Å²) < 4.78 is 47.3. The van der Waals surface area contributed by atoms with Crippen molar-refractivity contribution in [1.29, 1.82) is 0 Å². The maximum Gasteiger partial charge on any atom is 0.420 e. The average molecular weight is 490 g/mol. The van der Waals surface area contributed by atoms with Crippen molar-refractivity contribution in [2.75, 3.05) is 19.7 Å². The Morgan fingerprint density at radius 3 is 2.17 bits per heavy atom. The highest BCUT2D eigenvalue weighted by atomic mass is 19.4. The Kier molecular flexibility index (Phi) is 6.48. The number of alkyl halides is 3. The Balaban J connectivity index is 1.49. The molecule has 1 unspecified atom stereocenters. The predicted molar refractivity (Wildman–Crippen MR) is 120 cm³/mol. The predicted octanol–water partition coefficient (Wildman–Crippen LogP) is 4.17. The van der Waals surface area contributed by atoms with Crippen LogP contribution >= 0.6 is 0 Å². The monoisotopic (exact) mass is 490 g/mol. The van der Waals surface area contributed by atoms with Crippen LogP contribution in [0.1, 0.15) is 36.8 Å². The first-order valence-electron chi connectivity index (χ1n) is 11.2. The van der Waals surface area contributed by atoms with Gasteiger partial charge in [0.05, 0.1) is 5.92 Å². The SMILES string of the molecule is CC(NC(=O)OCC1c2ccccc2-c2ccccc21)(C(=O)N1CCC[C@@H](C(=O)O)C1)C(F)(F)F. The third kappa shape index (κ3) is 4.56. The van der Waals surface area contributed by atoms with Gasteiger partial charge in [0.2, 0.25) is 5.54 Å². The van der Waals surface area contributed by atoms with Crippen LogP contribution in [0.5, 0.6) is 0 Å². The molecule has 2 atom stereocenters. The van der Waals surface area contributed by atoms with Gasteiger partial charge in [0.15, 0.2) is 0 Å². The van der Waals surface area contributed by atoms with Gasteiger partial charge in [0.1, 0.15) is 6.61 Å². The summed E-state index contributed by atoms with van der Waals surface area (Å²) in [5.41, 5.74) is 0.444. The lowest BCUT2D eigenvalue weighted by atomic mass is 9.94. The van der Waals surface area contributed by atoms with Crippen LogP contribution in [0.3, 0.4) is 0 Å². The fourth-order valence-corrected chi connectivity index (χ4v) is 4.76. The van der Waals surface area contributed by atoms with E-state index in [2.05, 4.69) is 0 Å². The molecule has 0 saturated carbocycles. The summed E-state index contributed by atoms with van der Waals surface area (Å²) in [7, 11) is 0. The van der Waals surface area contributed by atoms with Crippen LogP contribution in [-0.2, 0) is 14.3 Å². The van der Waals surface area contributed by atoms with Crippen LogP contribution in [0.4, 0.5) is 18.0 Å². The highest BCUT2D eigenvalue weighted by Crippen LogP contribution is 2.44. The van der Waals surface area contributed by atoms with Gasteiger partial charge < -0.3 is 14.7 Å². The number of likely N-dealkylation sites (tertiary alicyclic amines) is 1. The number of piperidine rings is 1. The molecule has 2 aliphatic rings. The lowest BCUT2D eigenvalue weighted by Gasteiger charge is -2.39. The van der Waals surface area contributed by atoms with Crippen LogP contribution < -0.4 is 5.32 Å². The van der Waals surface area contributed by atoms with Crippen molar-refractivity contribution < 1.29 is 37.4 Å². The average Bonchev–Trinajstić information content (AvgIpc) is 3.15. The minimum Gasteiger partial charge on any atom is -0.481 e. The molecule has 1 fully saturated rings. The van der Waals surface area contributed by atoms with Crippen LogP contribution in [0.15, 0.2) is 48.5 Å². The van der Waals surface area contributed by atoms with E-state index in [1.807, 2.05) is 48.5 Å². The third-order valence-electron chi connectivity index (χ3n) is 6.75. The molecule has 10 heteroatoms. The first kappa shape index (κ1) is 24.6. The van der Waals surface area contributed by atoms with Gasteiger partial charge in [0.25, 0.3) is 5.91 Å². The van der Waals surface area contributed by atoms with Gasteiger partial charge >= 0.3 is 18.2 Å². The van der Waals surface area contributed by atoms with Gasteiger partial charge in [-0.2, -0.15) is 13.2 Å². The summed E-state index contributed by atoms with van der Waals surface area (Å²) in [6, 6.07) is 15.0. The van der Waals surface area contributed by atoms with E-state index < -0.39 is 35.6 Å². The topological polar surface area (TPSA) is 95.9 Å². The van der Waals surface area contributed by atoms with E-state index in [1.165, 1.54) is 0 Å². The molecule has 1 heterocycles. The molecular formula is C25H25F3N2O5. The second-order valence-electron chi connectivity index (χ2n) is 9.00. The summed E-state index contributed by atoms with van der Waals surface area (Å²) in [5.74, 6) is -3.91. The number of amides is 2. The Morgan fingerprint density at radius 1 is 1.06 bits per heavy atom. The van der Waals surface area contributed by atoms with Gasteiger partial charge in [-0.15, -0.1) is 0 Å². The molecule has 0 spiro atoms. The van der Waals surface area contributed by atoms with Crippen LogP contribution in [0.25, 0.3) is 11.1 Å². The molecule has 2 aromatic carbocycles. The number of halogens is 3. The molecule has 2 N–H and O–H groups in total. The number of hydrogen-bond acceptors (Lipinski definition) is 4. The second kappa shape index (κ2) is 9.24. The fraction of sp³-hybridized carbons (Fsp3) is 0.400. The third-order valence-corrected chi connectivity index (χ3v) is 6.75. The number of aliphatic carboxylic acids is 1. The number of carboxylic acids is 1. The normalized spacial score (nSPS) is 19.3. The van der Waals surface area contributed by atoms with E-state index in [0.717, 1.165) is 27.2 Å². The summed E-state index contributed by atoms with van der Waals surface area (Å²) in [4.78, 5) is 37.6. The maximum atomic E-state index is 14.0. The van der Waals surface area contributed by atoms with Crippen molar-refractivity contribution in [2.24, 2.45) is 5.92 Å². The van der Waals surface area contributed by atoms with Gasteiger partial charge in [-0.1, -0.05) is 48.5 Å². The van der Waals surface area contributed by atoms with E-state index in [0.29, 0.717) is 6.92 Å². The van der Waals surface area contributed by atoms with E-state index in [-0.39, 0.29) is 38.5 Å². The number of alkyl carbamates (subject to hydrolysis) is 1. The molecule has 0 bridgehead atoms. The highest BCUT2D eigenvalue weighted by Gasteiger charge is 2.60. The molecule has 35 heavy (non-hydrogen) atoms. The molecule has 1 aliphatic heterocycles. The number of benzene rings is 2. The standard InChI is InChI=1S/C25H25F3N2O5/c1-24(25(26,27)28,22(33)30-12-6-7-15(13-30)21(31)32)29-23(34)35-14-20-18-10-4-2-8-16(18)17-9-3-5-11-19(17)20/h2-5,8-11,15,20H,6-7,12-14H2,1H3,(H,29,34)(H,31,32)/t15-,24?/m1/s1. The first-order valence-corrected chi connectivity index (χ1v) is 11.2. The van der Waals surface area contributed by atoms with Gasteiger partial charge in [0, 0.05) is 19.0 Å². The van der Waals surface area contributed by atoms with Crippen LogP contribution in [-0.4, -0.2) is 59.4 Å². The minimum absolute atomic E-state index is 0.0271. The molecule has 186 valence electrons. The Morgan fingerprint density at radius 2 is 1.63 bits per heavy atom. The molecule has 2 amide bonds. The number of ether oxygens (including phenoxy) is 1. The molecule has 1 saturated heterocycles. The van der Waals surface area contributed by atoms with Crippen molar-refractivity contribution in [3.8, 4) is 11.1 Å². The van der Waals surface area contributed by atoms with Crippen molar-refractivity contribution >= 4 is 18.0 Å². The molecule has 7 nitrogen and oxygen atoms in total. The number of carbonyl (C=O) groups excluding carboxylic acids is 2. The van der Waals surface area contributed by atoms with Gasteiger partial charge in [-0.05, 0) is 42.0 Å². The van der Waals surface area contributed by atoms with E-state index in [4.69, 9.17) is 4.74 Å². The Hall–Kier alpha value is -3.56. The molecule has 1 aliphatic carbocycles. The summed E-state index contributed by atoms with van der Waals surface area (Å²) >= 11 is 0. The molecule has 2 aromatic rings.